The quantitative estimate of drug-likeness (QED) is 0.141. The Morgan fingerprint density at radius 2 is 1.49 bits per heavy atom. The summed E-state index contributed by atoms with van der Waals surface area (Å²) in [5.41, 5.74) is -1.71. The lowest BCUT2D eigenvalue weighted by molar-refractivity contribution is -0.220. The smallest absolute Gasteiger partial charge is 0.407 e. The van der Waals surface area contributed by atoms with E-state index in [1.54, 1.807) is 20.8 Å². The Bertz CT molecular complexity index is 1560. The van der Waals surface area contributed by atoms with Gasteiger partial charge in [0.1, 0.15) is 33.7 Å². The van der Waals surface area contributed by atoms with E-state index >= 15 is 8.78 Å². The first-order valence-corrected chi connectivity index (χ1v) is 16.5. The molecule has 5 N–H and O–H groups in total. The molecule has 1 fully saturated rings. The molecular weight excluding hydrogens is 709 g/mol. The van der Waals surface area contributed by atoms with Crippen molar-refractivity contribution in [2.75, 3.05) is 27.3 Å². The number of ether oxygens (including phenoxy) is 2. The lowest BCUT2D eigenvalue weighted by Gasteiger charge is -2.35. The van der Waals surface area contributed by atoms with Gasteiger partial charge in [0.15, 0.2) is 0 Å². The van der Waals surface area contributed by atoms with Crippen molar-refractivity contribution in [1.82, 2.24) is 36.6 Å². The molecule has 3 atom stereocenters. The van der Waals surface area contributed by atoms with E-state index in [1.807, 2.05) is 5.32 Å². The Balaban J connectivity index is 1.87. The topological polar surface area (TPSA) is 184 Å². The van der Waals surface area contributed by atoms with Gasteiger partial charge in [-0.3, -0.25) is 15.0 Å². The number of hydrazine groups is 1. The van der Waals surface area contributed by atoms with E-state index in [-0.39, 0.29) is 11.5 Å². The Labute approximate surface area is 294 Å². The molecule has 1 aliphatic rings. The predicted molar refractivity (Wildman–Crippen MR) is 173 cm³/mol. The number of alkyl halides is 3. The van der Waals surface area contributed by atoms with Crippen molar-refractivity contribution in [3.05, 3.63) is 34.3 Å². The van der Waals surface area contributed by atoms with Crippen molar-refractivity contribution < 1.29 is 55.7 Å². The molecule has 20 heteroatoms. The molecule has 1 heterocycles. The van der Waals surface area contributed by atoms with Crippen LogP contribution in [-0.2, 0) is 25.6 Å². The van der Waals surface area contributed by atoms with Gasteiger partial charge >= 0.3 is 18.4 Å². The number of carbonyl (C=O) groups excluding carboxylic acids is 4. The Kier molecular flexibility index (Phi) is 13.3. The van der Waals surface area contributed by atoms with Gasteiger partial charge in [-0.15, -0.1) is 10.2 Å². The zero-order chi connectivity index (χ0) is 38.5. The number of aliphatic hydroxyl groups excluding tert-OH is 1. The number of alkyl carbamates (subject to hydrolysis) is 2. The fourth-order valence-corrected chi connectivity index (χ4v) is 5.69. The molecule has 4 amide bonds. The van der Waals surface area contributed by atoms with Gasteiger partial charge in [0, 0.05) is 36.7 Å². The van der Waals surface area contributed by atoms with Gasteiger partial charge in [-0.1, -0.05) is 32.1 Å². The minimum Gasteiger partial charge on any atom is -0.453 e. The van der Waals surface area contributed by atoms with E-state index < -0.39 is 96.0 Å². The summed E-state index contributed by atoms with van der Waals surface area (Å²) in [4.78, 5) is 50.2. The third-order valence-electron chi connectivity index (χ3n) is 8.05. The zero-order valence-electron chi connectivity index (χ0n) is 29.0. The second kappa shape index (κ2) is 16.4. The number of halogens is 5. The van der Waals surface area contributed by atoms with Crippen LogP contribution in [0.4, 0.5) is 31.5 Å². The Morgan fingerprint density at radius 3 is 1.98 bits per heavy atom. The van der Waals surface area contributed by atoms with Crippen molar-refractivity contribution in [2.24, 2.45) is 10.8 Å². The summed E-state index contributed by atoms with van der Waals surface area (Å²) < 4.78 is 81.4. The molecule has 1 saturated carbocycles. The van der Waals surface area contributed by atoms with Crippen molar-refractivity contribution in [3.8, 4) is 10.6 Å². The van der Waals surface area contributed by atoms with Crippen molar-refractivity contribution in [1.29, 1.82) is 0 Å². The predicted octanol–water partition coefficient (Wildman–Crippen LogP) is 3.75. The van der Waals surface area contributed by atoms with Crippen LogP contribution in [0.1, 0.15) is 63.9 Å². The van der Waals surface area contributed by atoms with Gasteiger partial charge in [-0.25, -0.2) is 23.4 Å². The lowest BCUT2D eigenvalue weighted by Crippen LogP contribution is -2.60. The molecule has 3 rings (SSSR count). The number of amides is 4. The number of aromatic nitrogens is 2. The first-order chi connectivity index (χ1) is 23.6. The zero-order valence-corrected chi connectivity index (χ0v) is 29.9. The fraction of sp³-hybridized carbons (Fsp3) is 0.613. The van der Waals surface area contributed by atoms with Gasteiger partial charge in [-0.2, -0.15) is 13.2 Å². The molecule has 14 nitrogen and oxygen atoms in total. The summed E-state index contributed by atoms with van der Waals surface area (Å²) in [7, 11) is 1.97. The highest BCUT2D eigenvalue weighted by molar-refractivity contribution is 7.14. The third-order valence-corrected chi connectivity index (χ3v) is 9.19. The molecule has 2 aromatic rings. The van der Waals surface area contributed by atoms with Crippen LogP contribution < -0.4 is 21.4 Å². The minimum atomic E-state index is -4.96. The number of methoxy groups -OCH3 is 2. The number of benzene rings is 1. The van der Waals surface area contributed by atoms with Gasteiger partial charge in [0.05, 0.1) is 25.7 Å². The lowest BCUT2D eigenvalue weighted by atomic mass is 9.83. The highest BCUT2D eigenvalue weighted by atomic mass is 32.1. The number of carbonyl (C=O) groups is 4. The molecule has 0 spiro atoms. The maximum Gasteiger partial charge on any atom is 0.407 e. The summed E-state index contributed by atoms with van der Waals surface area (Å²) in [6.07, 6.45) is -7.00. The van der Waals surface area contributed by atoms with E-state index in [1.165, 1.54) is 11.3 Å². The fourth-order valence-electron chi connectivity index (χ4n) is 4.69. The summed E-state index contributed by atoms with van der Waals surface area (Å²) in [5, 5.41) is 27.3. The molecule has 0 aliphatic heterocycles. The summed E-state index contributed by atoms with van der Waals surface area (Å²) >= 11 is 1.21. The Hall–Kier alpha value is -4.17. The Morgan fingerprint density at radius 1 is 0.941 bits per heavy atom. The van der Waals surface area contributed by atoms with Gasteiger partial charge in [-0.05, 0) is 44.2 Å². The number of hydrogen-bond acceptors (Lipinski definition) is 11. The third kappa shape index (κ3) is 10.9. The van der Waals surface area contributed by atoms with Crippen molar-refractivity contribution in [3.63, 3.8) is 0 Å². The van der Waals surface area contributed by atoms with E-state index in [0.29, 0.717) is 18.9 Å². The van der Waals surface area contributed by atoms with Crippen LogP contribution in [0.3, 0.4) is 0 Å². The molecule has 51 heavy (non-hydrogen) atoms. The van der Waals surface area contributed by atoms with Crippen LogP contribution in [0.25, 0.3) is 10.6 Å². The first kappa shape index (κ1) is 41.3. The van der Waals surface area contributed by atoms with Crippen LogP contribution in [0.5, 0.6) is 0 Å². The normalized spacial score (nSPS) is 15.4. The van der Waals surface area contributed by atoms with Crippen molar-refractivity contribution >= 4 is 35.3 Å². The average molecular weight is 752 g/mol. The number of rotatable bonds is 14. The highest BCUT2D eigenvalue weighted by Crippen LogP contribution is 2.43. The molecule has 1 unspecified atom stereocenters. The van der Waals surface area contributed by atoms with E-state index in [4.69, 9.17) is 0 Å². The van der Waals surface area contributed by atoms with Crippen molar-refractivity contribution in [2.45, 2.75) is 84.3 Å². The van der Waals surface area contributed by atoms with Gasteiger partial charge < -0.3 is 30.5 Å². The molecule has 1 aromatic heterocycles. The summed E-state index contributed by atoms with van der Waals surface area (Å²) in [5.74, 6) is -3.99. The largest absolute Gasteiger partial charge is 0.453 e. The highest BCUT2D eigenvalue weighted by Gasteiger charge is 2.55. The number of hydrogen-bond donors (Lipinski definition) is 5. The second-order valence-electron chi connectivity index (χ2n) is 13.6. The van der Waals surface area contributed by atoms with E-state index in [0.717, 1.165) is 49.2 Å². The standard InChI is InChI=1S/C31H42F5N7O7S/c1-29(2,3)21(38-27(47)49-6)24(46)42-43(13-17(44)12-37-23(45)22(39-28(48)50-7)30(4,5)31(34,35)36)14-18-19(32)10-16(11-20(18)33)26-41-40-25(51-26)15-8-9-15/h10-11,15,17,21-22,44H,8-9,12-14H2,1-7H3,(H,37,45)(H,38,47)(H,39,48)(H,42,46)/t17-,21-,22?/m1/s1. The molecule has 0 radical (unpaired) electrons. The maximum atomic E-state index is 15.5. The van der Waals surface area contributed by atoms with Gasteiger partial charge in [0.25, 0.3) is 5.91 Å². The molecule has 1 aliphatic carbocycles. The molecule has 0 bridgehead atoms. The SMILES string of the molecule is COC(=O)NC(C(=O)NC[C@@H](O)CN(Cc1c(F)cc(-c2nnc(C3CC3)s2)cc1F)NC(=O)[C@@H](NC(=O)OC)C(C)(C)C)C(C)(C)C(F)(F)F. The second-order valence-corrected chi connectivity index (χ2v) is 14.6. The molecular formula is C31H42F5N7O7S. The summed E-state index contributed by atoms with van der Waals surface area (Å²) in [6, 6.07) is -1.38. The molecule has 1 aromatic carbocycles. The van der Waals surface area contributed by atoms with Crippen LogP contribution in [0, 0.1) is 22.5 Å². The van der Waals surface area contributed by atoms with E-state index in [9.17, 15) is 37.5 Å². The van der Waals surface area contributed by atoms with E-state index in [2.05, 4.69) is 35.7 Å². The first-order valence-electron chi connectivity index (χ1n) is 15.7. The van der Waals surface area contributed by atoms with Crippen LogP contribution in [0.15, 0.2) is 12.1 Å². The van der Waals surface area contributed by atoms with Crippen LogP contribution in [0.2, 0.25) is 0 Å². The number of nitrogens with one attached hydrogen (secondary N) is 4. The van der Waals surface area contributed by atoms with Crippen LogP contribution >= 0.6 is 11.3 Å². The minimum absolute atomic E-state index is 0.128. The molecule has 284 valence electrons. The number of nitrogens with zero attached hydrogens (tertiary/aromatic N) is 3. The van der Waals surface area contributed by atoms with Gasteiger partial charge in [0.2, 0.25) is 5.91 Å². The average Bonchev–Trinajstić information content (AvgIpc) is 3.76. The maximum absolute atomic E-state index is 15.5. The van der Waals surface area contributed by atoms with Crippen LogP contribution in [-0.4, -0.2) is 96.0 Å². The summed E-state index contributed by atoms with van der Waals surface area (Å²) in [6.45, 7) is 4.14. The molecule has 0 saturated heterocycles. The number of aliphatic hydroxyl groups is 1. The monoisotopic (exact) mass is 751 g/mol.